The Labute approximate surface area is 218 Å². The van der Waals surface area contributed by atoms with Gasteiger partial charge in [-0.1, -0.05) is 5.21 Å². The van der Waals surface area contributed by atoms with Crippen LogP contribution < -0.4 is 4.74 Å². The fourth-order valence-corrected chi connectivity index (χ4v) is 4.27. The van der Waals surface area contributed by atoms with Crippen molar-refractivity contribution in [3.05, 3.63) is 35.5 Å². The molecule has 10 nitrogen and oxygen atoms in total. The third kappa shape index (κ3) is 6.20. The summed E-state index contributed by atoms with van der Waals surface area (Å²) in [5.41, 5.74) is 0.281. The van der Waals surface area contributed by atoms with Gasteiger partial charge in [-0.05, 0) is 30.7 Å². The van der Waals surface area contributed by atoms with Gasteiger partial charge in [0.25, 0.3) is 0 Å². The number of pyridine rings is 1. The number of aryl methyl sites for hydroxylation is 1. The first-order valence-corrected chi connectivity index (χ1v) is 12.2. The number of halogens is 3. The Morgan fingerprint density at radius 2 is 1.87 bits per heavy atom. The molecule has 0 atom stereocenters. The van der Waals surface area contributed by atoms with E-state index >= 15 is 0 Å². The molecular weight excluding hydrogens is 501 g/mol. The van der Waals surface area contributed by atoms with E-state index in [0.29, 0.717) is 30.5 Å². The van der Waals surface area contributed by atoms with Crippen LogP contribution in [0.15, 0.2) is 24.3 Å². The van der Waals surface area contributed by atoms with Crippen LogP contribution in [0.4, 0.5) is 13.2 Å². The molecule has 0 radical (unpaired) electrons. The highest BCUT2D eigenvalue weighted by Gasteiger charge is 2.35. The number of fused-ring (bicyclic) bond motifs is 1. The molecule has 1 saturated heterocycles. The lowest BCUT2D eigenvalue weighted by atomic mass is 10.1. The lowest BCUT2D eigenvalue weighted by Gasteiger charge is -2.34. The topological polar surface area (TPSA) is 103 Å². The van der Waals surface area contributed by atoms with Crippen molar-refractivity contribution in [2.75, 3.05) is 60.0 Å². The summed E-state index contributed by atoms with van der Waals surface area (Å²) >= 11 is 0. The third-order valence-electron chi connectivity index (χ3n) is 6.49. The maximum atomic E-state index is 13.9. The van der Waals surface area contributed by atoms with Gasteiger partial charge in [0, 0.05) is 59.4 Å². The van der Waals surface area contributed by atoms with E-state index in [4.69, 9.17) is 4.74 Å². The fourth-order valence-electron chi connectivity index (χ4n) is 4.27. The maximum Gasteiger partial charge on any atom is 0.419 e. The number of benzene rings is 1. The van der Waals surface area contributed by atoms with Crippen molar-refractivity contribution in [2.24, 2.45) is 7.05 Å². The number of carbonyl (C=O) groups excluding carboxylic acids is 1. The number of aromatic nitrogens is 4. The van der Waals surface area contributed by atoms with E-state index in [9.17, 15) is 23.2 Å². The highest BCUT2D eigenvalue weighted by molar-refractivity contribution is 5.83. The number of nitrogens with zero attached hydrogens (tertiary/aromatic N) is 8. The highest BCUT2D eigenvalue weighted by atomic mass is 19.4. The van der Waals surface area contributed by atoms with Gasteiger partial charge in [0.05, 0.1) is 29.9 Å². The number of carbonyl (C=O) groups is 1. The highest BCUT2D eigenvalue weighted by Crippen LogP contribution is 2.39. The minimum atomic E-state index is -4.64. The van der Waals surface area contributed by atoms with Gasteiger partial charge in [-0.25, -0.2) is 9.67 Å². The molecule has 38 heavy (non-hydrogen) atoms. The number of likely N-dealkylation sites (N-methyl/N-ethyl adjacent to an activating group) is 1. The Balaban J connectivity index is 1.39. The van der Waals surface area contributed by atoms with Gasteiger partial charge in [0.1, 0.15) is 17.3 Å². The molecule has 202 valence electrons. The number of rotatable bonds is 8. The zero-order chi connectivity index (χ0) is 27.4. The average molecular weight is 531 g/mol. The molecule has 1 aliphatic rings. The zero-order valence-electron chi connectivity index (χ0n) is 21.5. The van der Waals surface area contributed by atoms with Crippen molar-refractivity contribution in [3.63, 3.8) is 0 Å². The molecule has 1 aromatic carbocycles. The molecule has 0 bridgehead atoms. The number of piperazine rings is 1. The summed E-state index contributed by atoms with van der Waals surface area (Å²) < 4.78 is 48.8. The number of amides is 1. The lowest BCUT2D eigenvalue weighted by molar-refractivity contribution is -0.139. The molecule has 0 unspecified atom stereocenters. The molecule has 0 saturated carbocycles. The summed E-state index contributed by atoms with van der Waals surface area (Å²) in [5, 5.41) is 17.2. The smallest absolute Gasteiger partial charge is 0.419 e. The number of hydrogen-bond acceptors (Lipinski definition) is 8. The van der Waals surface area contributed by atoms with Crippen LogP contribution in [-0.4, -0.2) is 101 Å². The van der Waals surface area contributed by atoms with Gasteiger partial charge in [-0.15, -0.1) is 5.10 Å². The second-order valence-corrected chi connectivity index (χ2v) is 9.37. The maximum absolute atomic E-state index is 13.9. The van der Waals surface area contributed by atoms with Gasteiger partial charge in [0.2, 0.25) is 5.91 Å². The van der Waals surface area contributed by atoms with E-state index in [1.807, 2.05) is 6.07 Å². The number of ether oxygens (including phenoxy) is 1. The van der Waals surface area contributed by atoms with Crippen LogP contribution in [0.5, 0.6) is 5.75 Å². The first-order chi connectivity index (χ1) is 18.1. The average Bonchev–Trinajstić information content (AvgIpc) is 3.27. The van der Waals surface area contributed by atoms with Crippen molar-refractivity contribution in [1.82, 2.24) is 34.7 Å². The van der Waals surface area contributed by atoms with Gasteiger partial charge in [-0.2, -0.15) is 18.4 Å². The molecule has 0 spiro atoms. The van der Waals surface area contributed by atoms with Crippen LogP contribution in [0.25, 0.3) is 22.3 Å². The number of alkyl halides is 3. The normalized spacial score (nSPS) is 15.0. The standard InChI is InChI=1S/C25H29F3N8O2/c1-33(2)23(37)16-36-10-8-35(9-11-36)7-4-12-38-22-6-5-17(13-18(22)25(26,27)28)19-14-21-24(20(15-29)30-19)31-32-34(21)3/h5-6,13-14H,4,7-12,16H2,1-3H3. The van der Waals surface area contributed by atoms with E-state index in [-0.39, 0.29) is 35.2 Å². The summed E-state index contributed by atoms with van der Waals surface area (Å²) in [7, 11) is 5.09. The van der Waals surface area contributed by atoms with Gasteiger partial charge in [-0.3, -0.25) is 9.69 Å². The Morgan fingerprint density at radius 3 is 2.53 bits per heavy atom. The monoisotopic (exact) mass is 530 g/mol. The lowest BCUT2D eigenvalue weighted by Crippen LogP contribution is -2.49. The summed E-state index contributed by atoms with van der Waals surface area (Å²) in [6.07, 6.45) is -4.07. The quantitative estimate of drug-likeness (QED) is 0.409. The van der Waals surface area contributed by atoms with E-state index in [1.165, 1.54) is 16.8 Å². The largest absolute Gasteiger partial charge is 0.493 e. The Bertz CT molecular complexity index is 1340. The Kier molecular flexibility index (Phi) is 8.13. The Hall–Kier alpha value is -3.76. The second kappa shape index (κ2) is 11.3. The van der Waals surface area contributed by atoms with Crippen molar-refractivity contribution in [3.8, 4) is 23.1 Å². The molecular formula is C25H29F3N8O2. The van der Waals surface area contributed by atoms with Crippen LogP contribution >= 0.6 is 0 Å². The predicted molar refractivity (Wildman–Crippen MR) is 133 cm³/mol. The second-order valence-electron chi connectivity index (χ2n) is 9.37. The molecule has 4 rings (SSSR count). The van der Waals surface area contributed by atoms with E-state index in [0.717, 1.165) is 32.2 Å². The van der Waals surface area contributed by atoms with Gasteiger partial charge < -0.3 is 14.5 Å². The molecule has 3 aromatic rings. The minimum Gasteiger partial charge on any atom is -0.493 e. The number of nitriles is 1. The molecule has 1 fully saturated rings. The van der Waals surface area contributed by atoms with Crippen LogP contribution in [0.1, 0.15) is 17.7 Å². The molecule has 2 aromatic heterocycles. The predicted octanol–water partition coefficient (Wildman–Crippen LogP) is 2.40. The van der Waals surface area contributed by atoms with Crippen LogP contribution in [0, 0.1) is 11.3 Å². The summed E-state index contributed by atoms with van der Waals surface area (Å²) in [6.45, 7) is 4.32. The first kappa shape index (κ1) is 27.3. The van der Waals surface area contributed by atoms with E-state index < -0.39 is 11.7 Å². The Morgan fingerprint density at radius 1 is 1.16 bits per heavy atom. The molecule has 0 N–H and O–H groups in total. The summed E-state index contributed by atoms with van der Waals surface area (Å²) in [5.74, 6) is -0.189. The minimum absolute atomic E-state index is 0.00961. The third-order valence-corrected chi connectivity index (χ3v) is 6.49. The molecule has 3 heterocycles. The first-order valence-electron chi connectivity index (χ1n) is 12.2. The van der Waals surface area contributed by atoms with Gasteiger partial charge >= 0.3 is 6.18 Å². The van der Waals surface area contributed by atoms with E-state index in [1.54, 1.807) is 32.1 Å². The van der Waals surface area contributed by atoms with Crippen LogP contribution in [0.2, 0.25) is 0 Å². The fraction of sp³-hybridized carbons (Fsp3) is 0.480. The van der Waals surface area contributed by atoms with Crippen molar-refractivity contribution < 1.29 is 22.7 Å². The zero-order valence-corrected chi connectivity index (χ0v) is 21.5. The van der Waals surface area contributed by atoms with Crippen LogP contribution in [-0.2, 0) is 18.0 Å². The molecule has 1 amide bonds. The SMILES string of the molecule is CN(C)C(=O)CN1CCN(CCCOc2ccc(-c3cc4c(nnn4C)c(C#N)n3)cc2C(F)(F)F)CC1. The summed E-state index contributed by atoms with van der Waals surface area (Å²) in [4.78, 5) is 22.0. The van der Waals surface area contributed by atoms with Crippen molar-refractivity contribution in [2.45, 2.75) is 12.6 Å². The van der Waals surface area contributed by atoms with Gasteiger partial charge in [0.15, 0.2) is 5.69 Å². The van der Waals surface area contributed by atoms with Crippen LogP contribution in [0.3, 0.4) is 0 Å². The van der Waals surface area contributed by atoms with Crippen molar-refractivity contribution in [1.29, 1.82) is 5.26 Å². The van der Waals surface area contributed by atoms with E-state index in [2.05, 4.69) is 25.1 Å². The van der Waals surface area contributed by atoms with Crippen molar-refractivity contribution >= 4 is 16.9 Å². The molecule has 1 aliphatic heterocycles. The molecule has 13 heteroatoms. The number of hydrogen-bond donors (Lipinski definition) is 0. The molecule has 0 aliphatic carbocycles. The summed E-state index contributed by atoms with van der Waals surface area (Å²) in [6, 6.07) is 7.26.